The van der Waals surface area contributed by atoms with Crippen LogP contribution in [0.15, 0.2) is 42.5 Å². The van der Waals surface area contributed by atoms with E-state index in [-0.39, 0.29) is 5.91 Å². The summed E-state index contributed by atoms with van der Waals surface area (Å²) in [6.07, 6.45) is 2.15. The smallest absolute Gasteiger partial charge is 0.227 e. The molecule has 0 aromatic heterocycles. The summed E-state index contributed by atoms with van der Waals surface area (Å²) in [6, 6.07) is 14.0. The molecule has 0 spiro atoms. The standard InChI is InChI=1S/C20H25NO2/c1-4-16-7-6-8-17(5-2)20(16)21-19(22)13-14-23-18-11-9-15(3)10-12-18/h6-12H,4-5,13-14H2,1-3H3,(H,21,22). The third-order valence-corrected chi connectivity index (χ3v) is 3.88. The molecule has 0 unspecified atom stereocenters. The summed E-state index contributed by atoms with van der Waals surface area (Å²) in [5.74, 6) is 0.791. The zero-order chi connectivity index (χ0) is 16.7. The van der Waals surface area contributed by atoms with E-state index in [4.69, 9.17) is 4.74 Å². The molecule has 2 aromatic rings. The van der Waals surface area contributed by atoms with E-state index in [9.17, 15) is 4.79 Å². The lowest BCUT2D eigenvalue weighted by atomic mass is 10.0. The Balaban J connectivity index is 1.91. The minimum absolute atomic E-state index is 0.00675. The molecule has 0 heterocycles. The van der Waals surface area contributed by atoms with Gasteiger partial charge >= 0.3 is 0 Å². The molecule has 0 fully saturated rings. The normalized spacial score (nSPS) is 10.4. The molecule has 0 saturated heterocycles. The lowest BCUT2D eigenvalue weighted by molar-refractivity contribution is -0.116. The average molecular weight is 311 g/mol. The van der Waals surface area contributed by atoms with Gasteiger partial charge in [0.25, 0.3) is 0 Å². The highest BCUT2D eigenvalue weighted by Crippen LogP contribution is 2.22. The summed E-state index contributed by atoms with van der Waals surface area (Å²) < 4.78 is 5.62. The van der Waals surface area contributed by atoms with Crippen molar-refractivity contribution in [3.63, 3.8) is 0 Å². The van der Waals surface area contributed by atoms with Crippen molar-refractivity contribution in [1.29, 1.82) is 0 Å². The fraction of sp³-hybridized carbons (Fsp3) is 0.350. The largest absolute Gasteiger partial charge is 0.493 e. The van der Waals surface area contributed by atoms with Gasteiger partial charge < -0.3 is 10.1 Å². The zero-order valence-electron chi connectivity index (χ0n) is 14.2. The van der Waals surface area contributed by atoms with Crippen LogP contribution in [0.2, 0.25) is 0 Å². The molecule has 2 rings (SSSR count). The van der Waals surface area contributed by atoms with Crippen molar-refractivity contribution >= 4 is 11.6 Å². The second-order valence-electron chi connectivity index (χ2n) is 5.62. The fourth-order valence-electron chi connectivity index (χ4n) is 2.50. The van der Waals surface area contributed by atoms with E-state index in [1.54, 1.807) is 0 Å². The highest BCUT2D eigenvalue weighted by molar-refractivity contribution is 5.92. The molecule has 3 heteroatoms. The number of rotatable bonds is 7. The van der Waals surface area contributed by atoms with Gasteiger partial charge in [-0.15, -0.1) is 0 Å². The first kappa shape index (κ1) is 17.1. The van der Waals surface area contributed by atoms with Gasteiger partial charge in [-0.3, -0.25) is 4.79 Å². The number of anilines is 1. The van der Waals surface area contributed by atoms with Gasteiger partial charge in [0.2, 0.25) is 5.91 Å². The fourth-order valence-corrected chi connectivity index (χ4v) is 2.50. The minimum Gasteiger partial charge on any atom is -0.493 e. The van der Waals surface area contributed by atoms with Crippen molar-refractivity contribution in [2.75, 3.05) is 11.9 Å². The first-order chi connectivity index (χ1) is 11.1. The third kappa shape index (κ3) is 4.85. The first-order valence-corrected chi connectivity index (χ1v) is 8.24. The third-order valence-electron chi connectivity index (χ3n) is 3.88. The summed E-state index contributed by atoms with van der Waals surface area (Å²) in [6.45, 7) is 6.62. The molecule has 0 radical (unpaired) electrons. The van der Waals surface area contributed by atoms with E-state index >= 15 is 0 Å². The molecule has 2 aromatic carbocycles. The molecular formula is C20H25NO2. The van der Waals surface area contributed by atoms with Crippen LogP contribution in [-0.4, -0.2) is 12.5 Å². The summed E-state index contributed by atoms with van der Waals surface area (Å²) in [5.41, 5.74) is 4.52. The van der Waals surface area contributed by atoms with Crippen molar-refractivity contribution < 1.29 is 9.53 Å². The van der Waals surface area contributed by atoms with E-state index in [0.29, 0.717) is 13.0 Å². The molecule has 122 valence electrons. The Hall–Kier alpha value is -2.29. The molecular weight excluding hydrogens is 286 g/mol. The van der Waals surface area contributed by atoms with E-state index in [0.717, 1.165) is 24.3 Å². The van der Waals surface area contributed by atoms with Crippen LogP contribution < -0.4 is 10.1 Å². The molecule has 0 bridgehead atoms. The lowest BCUT2D eigenvalue weighted by Gasteiger charge is -2.14. The summed E-state index contributed by atoms with van der Waals surface area (Å²) in [7, 11) is 0. The van der Waals surface area contributed by atoms with Gasteiger partial charge in [-0.25, -0.2) is 0 Å². The molecule has 0 saturated carbocycles. The maximum absolute atomic E-state index is 12.2. The number of carbonyl (C=O) groups excluding carboxylic acids is 1. The monoisotopic (exact) mass is 311 g/mol. The molecule has 1 N–H and O–H groups in total. The molecule has 0 atom stereocenters. The number of ether oxygens (including phenoxy) is 1. The van der Waals surface area contributed by atoms with E-state index in [2.05, 4.69) is 31.3 Å². The SMILES string of the molecule is CCc1cccc(CC)c1NC(=O)CCOc1ccc(C)cc1. The van der Waals surface area contributed by atoms with Crippen molar-refractivity contribution in [3.8, 4) is 5.75 Å². The summed E-state index contributed by atoms with van der Waals surface area (Å²) in [5, 5.41) is 3.06. The molecule has 23 heavy (non-hydrogen) atoms. The van der Waals surface area contributed by atoms with Gasteiger partial charge in [-0.05, 0) is 43.0 Å². The second-order valence-corrected chi connectivity index (χ2v) is 5.62. The highest BCUT2D eigenvalue weighted by atomic mass is 16.5. The number of carbonyl (C=O) groups is 1. The summed E-state index contributed by atoms with van der Waals surface area (Å²) >= 11 is 0. The number of hydrogen-bond donors (Lipinski definition) is 1. The van der Waals surface area contributed by atoms with Gasteiger partial charge in [0, 0.05) is 5.69 Å². The molecule has 0 aliphatic rings. The highest BCUT2D eigenvalue weighted by Gasteiger charge is 2.10. The average Bonchev–Trinajstić information content (AvgIpc) is 2.57. The molecule has 1 amide bonds. The van der Waals surface area contributed by atoms with E-state index < -0.39 is 0 Å². The Bertz CT molecular complexity index is 625. The quantitative estimate of drug-likeness (QED) is 0.816. The Labute approximate surface area is 138 Å². The maximum atomic E-state index is 12.2. The van der Waals surface area contributed by atoms with Crippen LogP contribution in [0.1, 0.15) is 37.0 Å². The Morgan fingerprint density at radius 3 is 2.17 bits per heavy atom. The van der Waals surface area contributed by atoms with Crippen LogP contribution in [0.4, 0.5) is 5.69 Å². The van der Waals surface area contributed by atoms with Crippen molar-refractivity contribution in [3.05, 3.63) is 59.2 Å². The number of para-hydroxylation sites is 1. The van der Waals surface area contributed by atoms with Crippen LogP contribution in [0.5, 0.6) is 5.75 Å². The Morgan fingerprint density at radius 2 is 1.61 bits per heavy atom. The van der Waals surface area contributed by atoms with E-state index in [1.165, 1.54) is 16.7 Å². The van der Waals surface area contributed by atoms with Gasteiger partial charge in [0.05, 0.1) is 13.0 Å². The Morgan fingerprint density at radius 1 is 1.00 bits per heavy atom. The first-order valence-electron chi connectivity index (χ1n) is 8.24. The number of benzene rings is 2. The number of amides is 1. The summed E-state index contributed by atoms with van der Waals surface area (Å²) in [4.78, 5) is 12.2. The molecule has 3 nitrogen and oxygen atoms in total. The molecule has 0 aliphatic carbocycles. The predicted octanol–water partition coefficient (Wildman–Crippen LogP) is 4.53. The van der Waals surface area contributed by atoms with Crippen LogP contribution in [-0.2, 0) is 17.6 Å². The number of nitrogens with one attached hydrogen (secondary N) is 1. The second kappa shape index (κ2) is 8.37. The van der Waals surface area contributed by atoms with Crippen molar-refractivity contribution in [2.45, 2.75) is 40.0 Å². The van der Waals surface area contributed by atoms with Crippen LogP contribution in [0, 0.1) is 6.92 Å². The van der Waals surface area contributed by atoms with Gasteiger partial charge in [-0.2, -0.15) is 0 Å². The topological polar surface area (TPSA) is 38.3 Å². The van der Waals surface area contributed by atoms with Crippen LogP contribution in [0.3, 0.4) is 0 Å². The van der Waals surface area contributed by atoms with Gasteiger partial charge in [-0.1, -0.05) is 49.7 Å². The van der Waals surface area contributed by atoms with Crippen LogP contribution >= 0.6 is 0 Å². The number of hydrogen-bond acceptors (Lipinski definition) is 2. The lowest BCUT2D eigenvalue weighted by Crippen LogP contribution is -2.17. The zero-order valence-corrected chi connectivity index (χ0v) is 14.2. The van der Waals surface area contributed by atoms with Crippen molar-refractivity contribution in [1.82, 2.24) is 0 Å². The van der Waals surface area contributed by atoms with Gasteiger partial charge in [0.15, 0.2) is 0 Å². The Kier molecular flexibility index (Phi) is 6.21. The molecule has 0 aliphatic heterocycles. The van der Waals surface area contributed by atoms with Gasteiger partial charge in [0.1, 0.15) is 5.75 Å². The van der Waals surface area contributed by atoms with Crippen LogP contribution in [0.25, 0.3) is 0 Å². The minimum atomic E-state index is -0.00675. The maximum Gasteiger partial charge on any atom is 0.227 e. The van der Waals surface area contributed by atoms with Crippen molar-refractivity contribution in [2.24, 2.45) is 0 Å². The predicted molar refractivity (Wildman–Crippen MR) is 95.1 cm³/mol. The number of aryl methyl sites for hydroxylation is 3. The van der Waals surface area contributed by atoms with E-state index in [1.807, 2.05) is 37.3 Å².